The molecule has 4 rings (SSSR count). The van der Waals surface area contributed by atoms with E-state index in [1.54, 1.807) is 56.3 Å². The van der Waals surface area contributed by atoms with E-state index < -0.39 is 23.5 Å². The van der Waals surface area contributed by atoms with Crippen molar-refractivity contribution in [2.24, 2.45) is 0 Å². The Kier molecular flexibility index (Phi) is 7.84. The monoisotopic (exact) mass is 532 g/mol. The number of benzene rings is 2. The van der Waals surface area contributed by atoms with Gasteiger partial charge < -0.3 is 19.8 Å². The van der Waals surface area contributed by atoms with Gasteiger partial charge in [0.1, 0.15) is 17.5 Å². The number of rotatable bonds is 8. The van der Waals surface area contributed by atoms with Crippen molar-refractivity contribution in [2.75, 3.05) is 19.0 Å². The Hall–Kier alpha value is -4.55. The molecule has 0 aliphatic heterocycles. The van der Waals surface area contributed by atoms with E-state index in [0.29, 0.717) is 50.8 Å². The molecule has 10 heteroatoms. The first-order valence-corrected chi connectivity index (χ1v) is 12.3. The van der Waals surface area contributed by atoms with Crippen molar-refractivity contribution in [3.05, 3.63) is 81.4 Å². The number of anilines is 1. The van der Waals surface area contributed by atoms with Gasteiger partial charge in [-0.15, -0.1) is 0 Å². The van der Waals surface area contributed by atoms with Crippen LogP contribution in [0.1, 0.15) is 42.4 Å². The van der Waals surface area contributed by atoms with Gasteiger partial charge in [0.05, 0.1) is 31.5 Å². The normalized spacial score (nSPS) is 11.6. The van der Waals surface area contributed by atoms with Crippen LogP contribution in [0.15, 0.2) is 59.5 Å². The molecule has 0 bridgehead atoms. The summed E-state index contributed by atoms with van der Waals surface area (Å²) in [7, 11) is 1.45. The molecule has 2 aromatic heterocycles. The van der Waals surface area contributed by atoms with E-state index in [4.69, 9.17) is 21.1 Å². The van der Waals surface area contributed by atoms with E-state index in [1.807, 2.05) is 0 Å². The molecule has 0 saturated carbocycles. The minimum absolute atomic E-state index is 0.262. The zero-order valence-corrected chi connectivity index (χ0v) is 21.8. The topological polar surface area (TPSA) is 126 Å². The predicted molar refractivity (Wildman–Crippen MR) is 145 cm³/mol. The van der Waals surface area contributed by atoms with Crippen LogP contribution in [0.3, 0.4) is 0 Å². The van der Waals surface area contributed by atoms with Crippen LogP contribution in [0.25, 0.3) is 22.0 Å². The molecule has 2 heterocycles. The Bertz CT molecular complexity index is 1630. The maximum absolute atomic E-state index is 13.3. The first-order valence-electron chi connectivity index (χ1n) is 11.9. The third-order valence-corrected chi connectivity index (χ3v) is 6.30. The standard InChI is InChI=1S/C28H25ClN4O5/c1-4-24(27(35)31-19-8-9-22-17(10-19)11-23(32-22)28(36)38-5-2)33-15-25(37-3)21(13-26(33)34)20-12-18(29)7-6-16(20)14-30/h6-13,15,24,32H,4-5H2,1-3H3,(H,31,35). The largest absolute Gasteiger partial charge is 0.495 e. The summed E-state index contributed by atoms with van der Waals surface area (Å²) in [5.74, 6) is -0.544. The summed E-state index contributed by atoms with van der Waals surface area (Å²) in [5, 5.41) is 13.5. The molecular weight excluding hydrogens is 508 g/mol. The van der Waals surface area contributed by atoms with E-state index in [1.165, 1.54) is 23.9 Å². The zero-order valence-electron chi connectivity index (χ0n) is 21.0. The maximum Gasteiger partial charge on any atom is 0.354 e. The summed E-state index contributed by atoms with van der Waals surface area (Å²) in [6.45, 7) is 3.79. The Morgan fingerprint density at radius 1 is 1.13 bits per heavy atom. The molecule has 0 saturated heterocycles. The number of esters is 1. The minimum atomic E-state index is -0.836. The van der Waals surface area contributed by atoms with Crippen LogP contribution in [-0.2, 0) is 9.53 Å². The summed E-state index contributed by atoms with van der Waals surface area (Å²) in [6.07, 6.45) is 1.79. The SMILES string of the molecule is CCOC(=O)c1cc2cc(NC(=O)C(CC)n3cc(OC)c(-c4cc(Cl)ccc4C#N)cc3=O)ccc2[nH]1. The molecular formula is C28H25ClN4O5. The molecule has 1 atom stereocenters. The van der Waals surface area contributed by atoms with Gasteiger partial charge in [0.15, 0.2) is 0 Å². The number of hydrogen-bond acceptors (Lipinski definition) is 6. The number of amides is 1. The fourth-order valence-electron chi connectivity index (χ4n) is 4.25. The highest BCUT2D eigenvalue weighted by atomic mass is 35.5. The number of aromatic amines is 1. The summed E-state index contributed by atoms with van der Waals surface area (Å²) in [6, 6.07) is 14.2. The number of nitrogens with zero attached hydrogens (tertiary/aromatic N) is 2. The summed E-state index contributed by atoms with van der Waals surface area (Å²) in [4.78, 5) is 41.5. The van der Waals surface area contributed by atoms with E-state index >= 15 is 0 Å². The lowest BCUT2D eigenvalue weighted by Crippen LogP contribution is -2.32. The van der Waals surface area contributed by atoms with Gasteiger partial charge in [0.25, 0.3) is 5.56 Å². The number of carbonyl (C=O) groups is 2. The summed E-state index contributed by atoms with van der Waals surface area (Å²) in [5.41, 5.74) is 2.29. The molecule has 0 radical (unpaired) electrons. The molecule has 0 aliphatic rings. The van der Waals surface area contributed by atoms with Gasteiger partial charge in [0, 0.05) is 38.8 Å². The van der Waals surface area contributed by atoms with E-state index in [-0.39, 0.29) is 6.61 Å². The van der Waals surface area contributed by atoms with Gasteiger partial charge in [-0.2, -0.15) is 5.26 Å². The van der Waals surface area contributed by atoms with Crippen molar-refractivity contribution in [3.63, 3.8) is 0 Å². The molecule has 0 spiro atoms. The Balaban J connectivity index is 1.65. The van der Waals surface area contributed by atoms with Crippen molar-refractivity contribution in [1.82, 2.24) is 9.55 Å². The number of halogens is 1. The lowest BCUT2D eigenvalue weighted by Gasteiger charge is -2.20. The smallest absolute Gasteiger partial charge is 0.354 e. The molecule has 0 fully saturated rings. The highest BCUT2D eigenvalue weighted by Gasteiger charge is 2.23. The van der Waals surface area contributed by atoms with Gasteiger partial charge in [0.2, 0.25) is 5.91 Å². The Labute approximate surface area is 223 Å². The number of nitrogens with one attached hydrogen (secondary N) is 2. The van der Waals surface area contributed by atoms with Crippen LogP contribution in [0.4, 0.5) is 5.69 Å². The first kappa shape index (κ1) is 26.5. The lowest BCUT2D eigenvalue weighted by molar-refractivity contribution is -0.119. The third kappa shape index (κ3) is 5.26. The number of hydrogen-bond donors (Lipinski definition) is 2. The van der Waals surface area contributed by atoms with Gasteiger partial charge in [-0.3, -0.25) is 14.2 Å². The second-order valence-corrected chi connectivity index (χ2v) is 8.86. The number of carbonyl (C=O) groups excluding carboxylic acids is 2. The minimum Gasteiger partial charge on any atom is -0.495 e. The molecule has 2 N–H and O–H groups in total. The fourth-order valence-corrected chi connectivity index (χ4v) is 4.42. The zero-order chi connectivity index (χ0) is 27.4. The number of pyridine rings is 1. The maximum atomic E-state index is 13.3. The number of aromatic nitrogens is 2. The summed E-state index contributed by atoms with van der Waals surface area (Å²) >= 11 is 6.14. The Morgan fingerprint density at radius 3 is 2.61 bits per heavy atom. The average molecular weight is 533 g/mol. The van der Waals surface area contributed by atoms with Crippen LogP contribution < -0.4 is 15.6 Å². The van der Waals surface area contributed by atoms with Crippen LogP contribution in [0, 0.1) is 11.3 Å². The van der Waals surface area contributed by atoms with Crippen LogP contribution in [0.2, 0.25) is 5.02 Å². The van der Waals surface area contributed by atoms with Crippen molar-refractivity contribution in [2.45, 2.75) is 26.3 Å². The van der Waals surface area contributed by atoms with Crippen LogP contribution >= 0.6 is 11.6 Å². The van der Waals surface area contributed by atoms with Crippen LogP contribution in [0.5, 0.6) is 5.75 Å². The molecule has 9 nitrogen and oxygen atoms in total. The van der Waals surface area contributed by atoms with Crippen LogP contribution in [-0.4, -0.2) is 35.1 Å². The van der Waals surface area contributed by atoms with Gasteiger partial charge in [-0.1, -0.05) is 18.5 Å². The van der Waals surface area contributed by atoms with Crippen molar-refractivity contribution >= 4 is 40.1 Å². The second-order valence-electron chi connectivity index (χ2n) is 8.42. The molecule has 4 aromatic rings. The average Bonchev–Trinajstić information content (AvgIpc) is 3.33. The molecule has 0 aliphatic carbocycles. The number of fused-ring (bicyclic) bond motifs is 1. The molecule has 38 heavy (non-hydrogen) atoms. The van der Waals surface area contributed by atoms with Crippen molar-refractivity contribution < 1.29 is 19.1 Å². The highest BCUT2D eigenvalue weighted by molar-refractivity contribution is 6.31. The molecule has 1 amide bonds. The highest BCUT2D eigenvalue weighted by Crippen LogP contribution is 2.33. The van der Waals surface area contributed by atoms with E-state index in [0.717, 1.165) is 5.39 Å². The summed E-state index contributed by atoms with van der Waals surface area (Å²) < 4.78 is 11.9. The third-order valence-electron chi connectivity index (χ3n) is 6.06. The van der Waals surface area contributed by atoms with Gasteiger partial charge >= 0.3 is 5.97 Å². The Morgan fingerprint density at radius 2 is 1.92 bits per heavy atom. The van der Waals surface area contributed by atoms with E-state index in [9.17, 15) is 19.6 Å². The van der Waals surface area contributed by atoms with Crippen molar-refractivity contribution in [1.29, 1.82) is 5.26 Å². The number of H-pyrrole nitrogens is 1. The van der Waals surface area contributed by atoms with Gasteiger partial charge in [-0.25, -0.2) is 4.79 Å². The lowest BCUT2D eigenvalue weighted by atomic mass is 10.00. The quantitative estimate of drug-likeness (QED) is 0.297. The first-order chi connectivity index (χ1) is 18.3. The molecule has 1 unspecified atom stereocenters. The number of nitriles is 1. The number of ether oxygens (including phenoxy) is 2. The predicted octanol–water partition coefficient (Wildman–Crippen LogP) is 5.30. The van der Waals surface area contributed by atoms with Gasteiger partial charge in [-0.05, 0) is 55.8 Å². The fraction of sp³-hybridized carbons (Fsp3) is 0.214. The molecule has 2 aromatic carbocycles. The van der Waals surface area contributed by atoms with Crippen molar-refractivity contribution in [3.8, 4) is 22.9 Å². The number of methoxy groups -OCH3 is 1. The second kappa shape index (κ2) is 11.2. The van der Waals surface area contributed by atoms with E-state index in [2.05, 4.69) is 16.4 Å². The molecule has 194 valence electrons.